The van der Waals surface area contributed by atoms with E-state index in [-0.39, 0.29) is 37.0 Å². The van der Waals surface area contributed by atoms with Gasteiger partial charge in [0.25, 0.3) is 0 Å². The van der Waals surface area contributed by atoms with Gasteiger partial charge in [0.05, 0.1) is 25.0 Å². The number of fused-ring (bicyclic) bond motifs is 1. The molecule has 4 heterocycles. The minimum absolute atomic E-state index is 0. The molecule has 0 aliphatic carbocycles. The fourth-order valence-electron chi connectivity index (χ4n) is 5.48. The second-order valence-corrected chi connectivity index (χ2v) is 10.3. The van der Waals surface area contributed by atoms with E-state index < -0.39 is 0 Å². The number of hydrogen-bond donors (Lipinski definition) is 0. The molecule has 0 saturated carbocycles. The number of hydrogen-bond acceptors (Lipinski definition) is 7. The zero-order chi connectivity index (χ0) is 26.1. The average molecular weight is 577 g/mol. The summed E-state index contributed by atoms with van der Waals surface area (Å²) in [5.41, 5.74) is 5.92. The number of morpholine rings is 1. The first-order chi connectivity index (χ1) is 17.8. The van der Waals surface area contributed by atoms with Crippen LogP contribution in [0.25, 0.3) is 22.3 Å². The molecule has 3 aromatic heterocycles. The Morgan fingerprint density at radius 3 is 2.36 bits per heavy atom. The second-order valence-electron chi connectivity index (χ2n) is 10.3. The maximum absolute atomic E-state index is 5.97. The fraction of sp³-hybridized carbons (Fsp3) is 0.483. The third-order valence-corrected chi connectivity index (χ3v) is 7.30. The summed E-state index contributed by atoms with van der Waals surface area (Å²) in [7, 11) is 1.69. The van der Waals surface area contributed by atoms with E-state index in [0.29, 0.717) is 6.04 Å². The number of pyridine rings is 1. The van der Waals surface area contributed by atoms with Crippen molar-refractivity contribution in [2.24, 2.45) is 0 Å². The Morgan fingerprint density at radius 1 is 1.05 bits per heavy atom. The van der Waals surface area contributed by atoms with Gasteiger partial charge in [-0.15, -0.1) is 24.8 Å². The van der Waals surface area contributed by atoms with E-state index in [0.717, 1.165) is 77.8 Å². The van der Waals surface area contributed by atoms with E-state index in [2.05, 4.69) is 53.6 Å². The molecule has 1 fully saturated rings. The Kier molecular flexibility index (Phi) is 10.4. The second kappa shape index (κ2) is 13.1. The van der Waals surface area contributed by atoms with Crippen molar-refractivity contribution in [1.82, 2.24) is 24.6 Å². The Hall–Kier alpha value is -2.65. The van der Waals surface area contributed by atoms with Gasteiger partial charge in [-0.1, -0.05) is 17.3 Å². The SMILES string of the molecule is COc1ccc(CCc2nc3cc(-c4c(C)noc4C)cnc3n2CC(C)N2C[C@@H](C)O[C@@H](C)C2)cc1.Cl.Cl. The third-order valence-electron chi connectivity index (χ3n) is 7.30. The molecule has 0 radical (unpaired) electrons. The molecule has 0 amide bonds. The summed E-state index contributed by atoms with van der Waals surface area (Å²) in [5.74, 6) is 2.72. The molecule has 0 bridgehead atoms. The number of halogens is 2. The molecule has 1 unspecified atom stereocenters. The summed E-state index contributed by atoms with van der Waals surface area (Å²) in [6.45, 7) is 13.2. The van der Waals surface area contributed by atoms with Gasteiger partial charge in [-0.05, 0) is 64.8 Å². The molecular weight excluding hydrogens is 537 g/mol. The molecule has 5 rings (SSSR count). The molecule has 8 nitrogen and oxygen atoms in total. The van der Waals surface area contributed by atoms with Crippen molar-refractivity contribution in [3.63, 3.8) is 0 Å². The summed E-state index contributed by atoms with van der Waals surface area (Å²) < 4.78 is 19.0. The Bertz CT molecular complexity index is 1340. The summed E-state index contributed by atoms with van der Waals surface area (Å²) in [4.78, 5) is 12.5. The van der Waals surface area contributed by atoms with E-state index in [1.807, 2.05) is 32.2 Å². The molecule has 1 saturated heterocycles. The number of aromatic nitrogens is 4. The average Bonchev–Trinajstić information content (AvgIpc) is 3.40. The maximum atomic E-state index is 5.97. The lowest BCUT2D eigenvalue weighted by Gasteiger charge is -2.39. The fourth-order valence-corrected chi connectivity index (χ4v) is 5.48. The van der Waals surface area contributed by atoms with Crippen LogP contribution in [0.2, 0.25) is 0 Å². The van der Waals surface area contributed by atoms with Gasteiger partial charge in [0.1, 0.15) is 22.9 Å². The van der Waals surface area contributed by atoms with Gasteiger partial charge in [-0.25, -0.2) is 9.97 Å². The first-order valence-electron chi connectivity index (χ1n) is 13.1. The molecule has 4 aromatic rings. The molecule has 1 aromatic carbocycles. The van der Waals surface area contributed by atoms with Crippen molar-refractivity contribution in [2.45, 2.75) is 72.3 Å². The zero-order valence-electron chi connectivity index (χ0n) is 23.5. The molecule has 0 spiro atoms. The first kappa shape index (κ1) is 30.9. The molecule has 10 heteroatoms. The lowest BCUT2D eigenvalue weighted by Crippen LogP contribution is -2.50. The van der Waals surface area contributed by atoms with Crippen molar-refractivity contribution < 1.29 is 14.0 Å². The summed E-state index contributed by atoms with van der Waals surface area (Å²) in [6.07, 6.45) is 4.10. The number of nitrogens with zero attached hydrogens (tertiary/aromatic N) is 5. The number of methoxy groups -OCH3 is 1. The lowest BCUT2D eigenvalue weighted by atomic mass is 10.1. The molecule has 1 aliphatic heterocycles. The predicted octanol–water partition coefficient (Wildman–Crippen LogP) is 5.84. The first-order valence-corrected chi connectivity index (χ1v) is 13.1. The van der Waals surface area contributed by atoms with E-state index in [9.17, 15) is 0 Å². The van der Waals surface area contributed by atoms with Gasteiger partial charge < -0.3 is 18.6 Å². The largest absolute Gasteiger partial charge is 0.497 e. The minimum Gasteiger partial charge on any atom is -0.497 e. The van der Waals surface area contributed by atoms with Gasteiger partial charge in [-0.3, -0.25) is 4.90 Å². The number of ether oxygens (including phenoxy) is 2. The van der Waals surface area contributed by atoms with Crippen LogP contribution in [0.15, 0.2) is 41.1 Å². The smallest absolute Gasteiger partial charge is 0.160 e. The van der Waals surface area contributed by atoms with Crippen LogP contribution in [0.4, 0.5) is 0 Å². The molecule has 1 aliphatic rings. The summed E-state index contributed by atoms with van der Waals surface area (Å²) >= 11 is 0. The molecule has 212 valence electrons. The standard InChI is InChI=1S/C29H37N5O3.2ClH/c1-18(33-16-19(2)36-20(3)17-33)15-34-27(12-9-23-7-10-25(35-6)11-8-23)31-26-13-24(14-30-29(26)34)28-21(4)32-37-22(28)5;;/h7-8,10-11,13-14,18-20H,9,12,15-17H2,1-6H3;2*1H/t18?,19-,20+;;. The number of rotatable bonds is 8. The van der Waals surface area contributed by atoms with Gasteiger partial charge in [0, 0.05) is 49.4 Å². The van der Waals surface area contributed by atoms with Crippen molar-refractivity contribution in [3.8, 4) is 16.9 Å². The molecule has 3 atom stereocenters. The van der Waals surface area contributed by atoms with Gasteiger partial charge >= 0.3 is 0 Å². The van der Waals surface area contributed by atoms with Gasteiger partial charge in [-0.2, -0.15) is 0 Å². The highest BCUT2D eigenvalue weighted by atomic mass is 35.5. The quantitative estimate of drug-likeness (QED) is 0.261. The van der Waals surface area contributed by atoms with Crippen LogP contribution in [-0.4, -0.2) is 63.0 Å². The maximum Gasteiger partial charge on any atom is 0.160 e. The highest BCUT2D eigenvalue weighted by Gasteiger charge is 2.27. The minimum atomic E-state index is 0. The summed E-state index contributed by atoms with van der Waals surface area (Å²) in [6, 6.07) is 10.7. The van der Waals surface area contributed by atoms with E-state index >= 15 is 0 Å². The van der Waals surface area contributed by atoms with Crippen molar-refractivity contribution in [1.29, 1.82) is 0 Å². The van der Waals surface area contributed by atoms with Crippen LogP contribution in [0.1, 0.15) is 43.6 Å². The van der Waals surface area contributed by atoms with E-state index in [1.165, 1.54) is 5.56 Å². The highest BCUT2D eigenvalue weighted by molar-refractivity contribution is 5.85. The zero-order valence-corrected chi connectivity index (χ0v) is 25.1. The van der Waals surface area contributed by atoms with E-state index in [4.69, 9.17) is 24.0 Å². The van der Waals surface area contributed by atoms with Crippen molar-refractivity contribution >= 4 is 36.0 Å². The highest BCUT2D eigenvalue weighted by Crippen LogP contribution is 2.29. The van der Waals surface area contributed by atoms with Gasteiger partial charge in [0.2, 0.25) is 0 Å². The lowest BCUT2D eigenvalue weighted by molar-refractivity contribution is -0.0799. The van der Waals surface area contributed by atoms with E-state index in [1.54, 1.807) is 7.11 Å². The Morgan fingerprint density at radius 2 is 1.74 bits per heavy atom. The van der Waals surface area contributed by atoms with Crippen LogP contribution < -0.4 is 4.74 Å². The monoisotopic (exact) mass is 575 g/mol. The van der Waals surface area contributed by atoms with Crippen LogP contribution >= 0.6 is 24.8 Å². The molecular formula is C29H39Cl2N5O3. The molecule has 0 N–H and O–H groups in total. The van der Waals surface area contributed by atoms with Crippen LogP contribution in [0.5, 0.6) is 5.75 Å². The number of benzene rings is 1. The third kappa shape index (κ3) is 6.74. The topological polar surface area (TPSA) is 78.4 Å². The predicted molar refractivity (Wildman–Crippen MR) is 158 cm³/mol. The van der Waals surface area contributed by atoms with Crippen molar-refractivity contribution in [3.05, 3.63) is 59.4 Å². The van der Waals surface area contributed by atoms with Crippen LogP contribution in [0, 0.1) is 13.8 Å². The van der Waals surface area contributed by atoms with Crippen molar-refractivity contribution in [2.75, 3.05) is 20.2 Å². The van der Waals surface area contributed by atoms with Crippen LogP contribution in [-0.2, 0) is 24.1 Å². The Balaban J connectivity index is 0.00000210. The van der Waals surface area contributed by atoms with Crippen LogP contribution in [0.3, 0.4) is 0 Å². The summed E-state index contributed by atoms with van der Waals surface area (Å²) in [5, 5.41) is 4.12. The van der Waals surface area contributed by atoms with Gasteiger partial charge in [0.15, 0.2) is 5.65 Å². The molecule has 39 heavy (non-hydrogen) atoms. The number of imidazole rings is 1. The normalized spacial score (nSPS) is 18.4. The Labute approximate surface area is 242 Å². The number of aryl methyl sites for hydroxylation is 4.